The molecule has 1 fully saturated rings. The van der Waals surface area contributed by atoms with Crippen molar-refractivity contribution in [3.05, 3.63) is 89.2 Å². The lowest BCUT2D eigenvalue weighted by Crippen LogP contribution is -2.48. The maximum atomic E-state index is 13.5. The number of para-hydroxylation sites is 1. The second-order valence-corrected chi connectivity index (χ2v) is 9.85. The molecule has 2 aromatic heterocycles. The fraction of sp³-hybridized carbons (Fsp3) is 0.276. The van der Waals surface area contributed by atoms with Gasteiger partial charge in [-0.05, 0) is 49.9 Å². The molecule has 4 heterocycles. The van der Waals surface area contributed by atoms with Gasteiger partial charge in [0.05, 0.1) is 23.2 Å². The molecule has 1 N–H and O–H groups in total. The molecule has 0 bridgehead atoms. The summed E-state index contributed by atoms with van der Waals surface area (Å²) in [7, 11) is 0. The van der Waals surface area contributed by atoms with E-state index in [1.807, 2.05) is 54.4 Å². The van der Waals surface area contributed by atoms with Gasteiger partial charge in [-0.2, -0.15) is 0 Å². The van der Waals surface area contributed by atoms with Crippen molar-refractivity contribution in [3.63, 3.8) is 0 Å². The predicted molar refractivity (Wildman–Crippen MR) is 136 cm³/mol. The zero-order valence-corrected chi connectivity index (χ0v) is 20.0. The molecule has 4 aromatic rings. The Morgan fingerprint density at radius 2 is 1.69 bits per heavy atom. The van der Waals surface area contributed by atoms with Gasteiger partial charge in [-0.15, -0.1) is 0 Å². The number of pyridine rings is 1. The summed E-state index contributed by atoms with van der Waals surface area (Å²) in [6.07, 6.45) is 3.59. The summed E-state index contributed by atoms with van der Waals surface area (Å²) in [5, 5.41) is 3.04. The number of hydrogen-bond acceptors (Lipinski definition) is 3. The molecular formula is C29H28N4O2. The molecule has 2 amide bonds. The van der Waals surface area contributed by atoms with Crippen molar-refractivity contribution in [2.75, 3.05) is 18.4 Å². The molecule has 6 heteroatoms. The third kappa shape index (κ3) is 3.52. The van der Waals surface area contributed by atoms with Crippen LogP contribution in [0.25, 0.3) is 16.9 Å². The second kappa shape index (κ2) is 8.08. The van der Waals surface area contributed by atoms with Crippen molar-refractivity contribution in [1.82, 2.24) is 14.3 Å². The van der Waals surface area contributed by atoms with Gasteiger partial charge in [0.2, 0.25) is 11.8 Å². The summed E-state index contributed by atoms with van der Waals surface area (Å²) >= 11 is 0. The van der Waals surface area contributed by atoms with Crippen LogP contribution in [0.2, 0.25) is 0 Å². The van der Waals surface area contributed by atoms with Crippen LogP contribution >= 0.6 is 0 Å². The molecule has 0 unspecified atom stereocenters. The van der Waals surface area contributed by atoms with Crippen LogP contribution in [0.5, 0.6) is 0 Å². The highest BCUT2D eigenvalue weighted by molar-refractivity contribution is 6.06. The van der Waals surface area contributed by atoms with E-state index < -0.39 is 5.41 Å². The number of imidazole rings is 1. The Morgan fingerprint density at radius 1 is 0.971 bits per heavy atom. The summed E-state index contributed by atoms with van der Waals surface area (Å²) < 4.78 is 2.05. The Morgan fingerprint density at radius 3 is 2.46 bits per heavy atom. The lowest BCUT2D eigenvalue weighted by atomic mass is 9.73. The van der Waals surface area contributed by atoms with Crippen molar-refractivity contribution in [2.24, 2.45) is 0 Å². The predicted octanol–water partition coefficient (Wildman–Crippen LogP) is 4.67. The molecule has 2 aromatic carbocycles. The number of likely N-dealkylation sites (tertiary alicyclic amines) is 1. The summed E-state index contributed by atoms with van der Waals surface area (Å²) in [6, 6.07) is 20.3. The van der Waals surface area contributed by atoms with Gasteiger partial charge in [-0.3, -0.25) is 9.59 Å². The van der Waals surface area contributed by atoms with Gasteiger partial charge in [0.15, 0.2) is 0 Å². The highest BCUT2D eigenvalue weighted by atomic mass is 16.2. The number of aryl methyl sites for hydroxylation is 2. The van der Waals surface area contributed by atoms with Gasteiger partial charge >= 0.3 is 0 Å². The molecule has 6 rings (SSSR count). The van der Waals surface area contributed by atoms with Crippen molar-refractivity contribution in [1.29, 1.82) is 0 Å². The van der Waals surface area contributed by atoms with Crippen LogP contribution in [0.15, 0.2) is 66.9 Å². The zero-order chi connectivity index (χ0) is 24.2. The third-order valence-electron chi connectivity index (χ3n) is 7.60. The van der Waals surface area contributed by atoms with E-state index in [1.165, 1.54) is 5.56 Å². The maximum Gasteiger partial charge on any atom is 0.235 e. The number of hydrogen-bond donors (Lipinski definition) is 1. The highest BCUT2D eigenvalue weighted by Crippen LogP contribution is 2.44. The van der Waals surface area contributed by atoms with Crippen molar-refractivity contribution >= 4 is 23.1 Å². The first-order chi connectivity index (χ1) is 16.9. The monoisotopic (exact) mass is 464 g/mol. The fourth-order valence-electron chi connectivity index (χ4n) is 5.57. The summed E-state index contributed by atoms with van der Waals surface area (Å²) in [5.41, 5.74) is 7.35. The van der Waals surface area contributed by atoms with Gasteiger partial charge < -0.3 is 14.6 Å². The van der Waals surface area contributed by atoms with Crippen molar-refractivity contribution in [2.45, 2.75) is 38.5 Å². The van der Waals surface area contributed by atoms with E-state index in [2.05, 4.69) is 40.9 Å². The first-order valence-corrected chi connectivity index (χ1v) is 12.2. The number of amides is 2. The quantitative estimate of drug-likeness (QED) is 0.479. The Balaban J connectivity index is 1.28. The molecule has 0 atom stereocenters. The van der Waals surface area contributed by atoms with E-state index >= 15 is 0 Å². The molecule has 176 valence electrons. The van der Waals surface area contributed by atoms with Crippen LogP contribution in [0.1, 0.15) is 35.2 Å². The van der Waals surface area contributed by atoms with Crippen LogP contribution in [0, 0.1) is 13.8 Å². The van der Waals surface area contributed by atoms with Crippen molar-refractivity contribution in [3.8, 4) is 11.3 Å². The van der Waals surface area contributed by atoms with Crippen LogP contribution in [0.3, 0.4) is 0 Å². The minimum Gasteiger partial charge on any atom is -0.342 e. The number of nitrogens with one attached hydrogen (secondary N) is 1. The summed E-state index contributed by atoms with van der Waals surface area (Å²) in [4.78, 5) is 33.3. The molecular weight excluding hydrogens is 436 g/mol. The summed E-state index contributed by atoms with van der Waals surface area (Å²) in [5.74, 6) is 0.132. The number of carbonyl (C=O) groups is 2. The maximum absolute atomic E-state index is 13.5. The molecule has 2 aliphatic heterocycles. The molecule has 1 spiro atoms. The molecule has 0 radical (unpaired) electrons. The summed E-state index contributed by atoms with van der Waals surface area (Å²) in [6.45, 7) is 5.24. The van der Waals surface area contributed by atoms with E-state index in [4.69, 9.17) is 4.98 Å². The second-order valence-electron chi connectivity index (χ2n) is 9.85. The van der Waals surface area contributed by atoms with Crippen molar-refractivity contribution < 1.29 is 9.59 Å². The number of benzene rings is 2. The molecule has 0 saturated carbocycles. The minimum atomic E-state index is -0.527. The zero-order valence-electron chi connectivity index (χ0n) is 20.0. The molecule has 0 aliphatic carbocycles. The molecule has 1 saturated heterocycles. The normalized spacial score (nSPS) is 16.5. The fourth-order valence-corrected chi connectivity index (χ4v) is 5.57. The molecule has 2 aliphatic rings. The van der Waals surface area contributed by atoms with Gasteiger partial charge in [-0.1, -0.05) is 54.1 Å². The smallest absolute Gasteiger partial charge is 0.235 e. The number of carbonyl (C=O) groups excluding carboxylic acids is 2. The van der Waals surface area contributed by atoms with Gasteiger partial charge in [0.25, 0.3) is 0 Å². The number of anilines is 1. The van der Waals surface area contributed by atoms with Gasteiger partial charge in [-0.25, -0.2) is 4.98 Å². The molecule has 6 nitrogen and oxygen atoms in total. The largest absolute Gasteiger partial charge is 0.342 e. The highest BCUT2D eigenvalue weighted by Gasteiger charge is 2.48. The lowest BCUT2D eigenvalue weighted by molar-refractivity contribution is -0.134. The Kier molecular flexibility index (Phi) is 4.99. The topological polar surface area (TPSA) is 66.7 Å². The average molecular weight is 465 g/mol. The van der Waals surface area contributed by atoms with Gasteiger partial charge in [0.1, 0.15) is 5.65 Å². The van der Waals surface area contributed by atoms with E-state index in [0.717, 1.165) is 39.4 Å². The Labute approximate surface area is 204 Å². The molecule has 35 heavy (non-hydrogen) atoms. The van der Waals surface area contributed by atoms with Crippen LogP contribution < -0.4 is 5.32 Å². The van der Waals surface area contributed by atoms with Crippen LogP contribution in [-0.2, 0) is 21.4 Å². The number of piperidine rings is 1. The first-order valence-electron chi connectivity index (χ1n) is 12.2. The standard InChI is InChI=1S/C29H28N4O2/c1-19-7-10-21(11-8-19)27-24(33-18-20(2)9-12-25(33)31-27)17-26(34)32-15-13-29(14-16-32)22-5-3-4-6-23(22)30-28(29)35/h3-12,18H,13-17H2,1-2H3,(H,30,35). The minimum absolute atomic E-state index is 0.0599. The van der Waals surface area contributed by atoms with E-state index in [1.54, 1.807) is 0 Å². The van der Waals surface area contributed by atoms with E-state index in [9.17, 15) is 9.59 Å². The Bertz CT molecular complexity index is 1460. The van der Waals surface area contributed by atoms with E-state index in [-0.39, 0.29) is 18.2 Å². The Hall–Kier alpha value is -3.93. The van der Waals surface area contributed by atoms with Crippen LogP contribution in [-0.4, -0.2) is 39.2 Å². The number of rotatable bonds is 3. The third-order valence-corrected chi connectivity index (χ3v) is 7.60. The number of fused-ring (bicyclic) bond motifs is 3. The van der Waals surface area contributed by atoms with Gasteiger partial charge in [0, 0.05) is 30.5 Å². The van der Waals surface area contributed by atoms with E-state index in [0.29, 0.717) is 25.9 Å². The number of nitrogens with zero attached hydrogens (tertiary/aromatic N) is 3. The van der Waals surface area contributed by atoms with Crippen LogP contribution in [0.4, 0.5) is 5.69 Å². The number of aromatic nitrogens is 2. The lowest BCUT2D eigenvalue weighted by Gasteiger charge is -2.38. The average Bonchev–Trinajstić information content (AvgIpc) is 3.35. The first kappa shape index (κ1) is 21.6. The SMILES string of the molecule is Cc1ccc(-c2nc3ccc(C)cn3c2CC(=O)N2CCC3(CC2)C(=O)Nc2ccccc23)cc1.